The number of aliphatic hydroxyl groups is 1. The van der Waals surface area contributed by atoms with Gasteiger partial charge in [0.25, 0.3) is 11.6 Å². The summed E-state index contributed by atoms with van der Waals surface area (Å²) in [4.78, 5) is 45.8. The van der Waals surface area contributed by atoms with Gasteiger partial charge in [0.15, 0.2) is 5.60 Å². The number of nitro benzene ring substituents is 1. The number of fused-ring (bicyclic) bond motifs is 1. The van der Waals surface area contributed by atoms with Gasteiger partial charge < -0.3 is 10.4 Å². The standard InChI is InChI=1S/C18H16N6O6/c19-21-15(25)16(26)23-22-14(10-5-7-11(8-6-10)24(29)30)9-18(28)12-3-1-2-4-13(12)20-17(18)27/h1-8,28H,9,19H2,(H,20,27)(H,21,25)(H,23,26)/b22-14+. The first kappa shape index (κ1) is 20.6. The van der Waals surface area contributed by atoms with Crippen LogP contribution >= 0.6 is 0 Å². The van der Waals surface area contributed by atoms with Gasteiger partial charge in [0.2, 0.25) is 0 Å². The second-order valence-corrected chi connectivity index (χ2v) is 6.31. The zero-order valence-corrected chi connectivity index (χ0v) is 15.3. The molecular formula is C18H16N6O6. The molecule has 1 heterocycles. The third-order valence-electron chi connectivity index (χ3n) is 4.46. The van der Waals surface area contributed by atoms with E-state index < -0.39 is 34.7 Å². The molecule has 0 fully saturated rings. The lowest BCUT2D eigenvalue weighted by atomic mass is 9.87. The molecule has 0 bridgehead atoms. The molecule has 12 heteroatoms. The average Bonchev–Trinajstić information content (AvgIpc) is 3.00. The number of anilines is 1. The highest BCUT2D eigenvalue weighted by Gasteiger charge is 2.46. The SMILES string of the molecule is NNC(=O)C(=O)N/N=C(\CC1(O)C(=O)Nc2ccccc21)c1ccc([N+](=O)[O-])cc1. The number of non-ortho nitro benzene ring substituents is 1. The molecule has 3 amide bonds. The summed E-state index contributed by atoms with van der Waals surface area (Å²) in [5.41, 5.74) is 2.41. The molecule has 0 aromatic heterocycles. The summed E-state index contributed by atoms with van der Waals surface area (Å²) in [6.07, 6.45) is -0.391. The smallest absolute Gasteiger partial charge is 0.330 e. The summed E-state index contributed by atoms with van der Waals surface area (Å²) in [6, 6.07) is 11.6. The van der Waals surface area contributed by atoms with E-state index in [1.807, 2.05) is 5.43 Å². The fourth-order valence-electron chi connectivity index (χ4n) is 2.93. The molecular weight excluding hydrogens is 396 g/mol. The van der Waals surface area contributed by atoms with Gasteiger partial charge in [-0.05, 0) is 23.8 Å². The van der Waals surface area contributed by atoms with E-state index in [2.05, 4.69) is 10.4 Å². The van der Waals surface area contributed by atoms with Crippen LogP contribution in [0.2, 0.25) is 0 Å². The Labute approximate surface area is 168 Å². The maximum absolute atomic E-state index is 12.5. The monoisotopic (exact) mass is 412 g/mol. The van der Waals surface area contributed by atoms with E-state index >= 15 is 0 Å². The second-order valence-electron chi connectivity index (χ2n) is 6.31. The Morgan fingerprint density at radius 2 is 1.83 bits per heavy atom. The molecule has 1 aliphatic rings. The Morgan fingerprint density at radius 1 is 1.17 bits per heavy atom. The predicted molar refractivity (Wildman–Crippen MR) is 104 cm³/mol. The van der Waals surface area contributed by atoms with Gasteiger partial charge in [-0.3, -0.25) is 29.9 Å². The number of nitrogens with two attached hydrogens (primary N) is 1. The first-order valence-electron chi connectivity index (χ1n) is 8.52. The van der Waals surface area contributed by atoms with E-state index in [4.69, 9.17) is 5.84 Å². The van der Waals surface area contributed by atoms with E-state index in [9.17, 15) is 29.6 Å². The molecule has 0 aliphatic carbocycles. The Balaban J connectivity index is 1.99. The molecule has 154 valence electrons. The highest BCUT2D eigenvalue weighted by atomic mass is 16.6. The van der Waals surface area contributed by atoms with E-state index in [1.54, 1.807) is 29.7 Å². The van der Waals surface area contributed by atoms with E-state index in [1.165, 1.54) is 24.3 Å². The maximum atomic E-state index is 12.5. The number of hydrogen-bond acceptors (Lipinski definition) is 8. The van der Waals surface area contributed by atoms with Crippen LogP contribution < -0.4 is 22.0 Å². The first-order valence-corrected chi connectivity index (χ1v) is 8.52. The van der Waals surface area contributed by atoms with Crippen LogP contribution in [0.25, 0.3) is 0 Å². The quantitative estimate of drug-likeness (QED) is 0.111. The lowest BCUT2D eigenvalue weighted by Gasteiger charge is -2.22. The number of carbonyl (C=O) groups is 3. The lowest BCUT2D eigenvalue weighted by Crippen LogP contribution is -2.42. The van der Waals surface area contributed by atoms with Gasteiger partial charge in [-0.2, -0.15) is 5.10 Å². The molecule has 1 unspecified atom stereocenters. The summed E-state index contributed by atoms with van der Waals surface area (Å²) in [6.45, 7) is 0. The summed E-state index contributed by atoms with van der Waals surface area (Å²) in [7, 11) is 0. The van der Waals surface area contributed by atoms with Gasteiger partial charge >= 0.3 is 11.8 Å². The highest BCUT2D eigenvalue weighted by molar-refractivity contribution is 6.35. The van der Waals surface area contributed by atoms with Gasteiger partial charge in [-0.15, -0.1) is 0 Å². The molecule has 0 spiro atoms. The van der Waals surface area contributed by atoms with Crippen molar-refractivity contribution in [1.82, 2.24) is 10.9 Å². The van der Waals surface area contributed by atoms with Crippen LogP contribution in [0.3, 0.4) is 0 Å². The minimum Gasteiger partial charge on any atom is -0.375 e. The fraction of sp³-hybridized carbons (Fsp3) is 0.111. The predicted octanol–water partition coefficient (Wildman–Crippen LogP) is -0.365. The zero-order valence-electron chi connectivity index (χ0n) is 15.3. The van der Waals surface area contributed by atoms with Crippen molar-refractivity contribution in [1.29, 1.82) is 0 Å². The molecule has 2 aromatic carbocycles. The van der Waals surface area contributed by atoms with E-state index in [0.29, 0.717) is 11.3 Å². The number of hydrazone groups is 1. The maximum Gasteiger partial charge on any atom is 0.330 e. The van der Waals surface area contributed by atoms with Gasteiger partial charge in [0.05, 0.1) is 10.6 Å². The largest absolute Gasteiger partial charge is 0.375 e. The number of benzene rings is 2. The minimum atomic E-state index is -2.02. The zero-order chi connectivity index (χ0) is 21.9. The third-order valence-corrected chi connectivity index (χ3v) is 4.46. The van der Waals surface area contributed by atoms with E-state index in [-0.39, 0.29) is 17.0 Å². The van der Waals surface area contributed by atoms with Crippen molar-refractivity contribution in [2.45, 2.75) is 12.0 Å². The number of nitrogens with one attached hydrogen (secondary N) is 3. The molecule has 0 radical (unpaired) electrons. The number of rotatable bonds is 5. The number of hydrazine groups is 1. The third kappa shape index (κ3) is 3.85. The molecule has 3 rings (SSSR count). The van der Waals surface area contributed by atoms with Crippen molar-refractivity contribution < 1.29 is 24.4 Å². The van der Waals surface area contributed by atoms with Crippen LogP contribution in [0, 0.1) is 10.1 Å². The van der Waals surface area contributed by atoms with Crippen molar-refractivity contribution in [2.75, 3.05) is 5.32 Å². The van der Waals surface area contributed by atoms with Crippen LogP contribution in [0.5, 0.6) is 0 Å². The molecule has 6 N–H and O–H groups in total. The Bertz CT molecular complexity index is 1070. The van der Waals surface area contributed by atoms with Gasteiger partial charge in [-0.1, -0.05) is 18.2 Å². The molecule has 30 heavy (non-hydrogen) atoms. The number of hydrogen-bond donors (Lipinski definition) is 5. The molecule has 12 nitrogen and oxygen atoms in total. The van der Waals surface area contributed by atoms with Crippen LogP contribution in [0.4, 0.5) is 11.4 Å². The molecule has 0 saturated heterocycles. The van der Waals surface area contributed by atoms with Crippen molar-refractivity contribution in [3.63, 3.8) is 0 Å². The average molecular weight is 412 g/mol. The van der Waals surface area contributed by atoms with Gasteiger partial charge in [0, 0.05) is 29.8 Å². The Kier molecular flexibility index (Phi) is 5.53. The van der Waals surface area contributed by atoms with Gasteiger partial charge in [0.1, 0.15) is 0 Å². The van der Waals surface area contributed by atoms with Crippen molar-refractivity contribution in [3.05, 3.63) is 69.8 Å². The van der Waals surface area contributed by atoms with Crippen LogP contribution in [0.1, 0.15) is 17.5 Å². The molecule has 1 aliphatic heterocycles. The number of para-hydroxylation sites is 1. The minimum absolute atomic E-state index is 0.00239. The molecule has 1 atom stereocenters. The second kappa shape index (κ2) is 8.06. The van der Waals surface area contributed by atoms with E-state index in [0.717, 1.165) is 0 Å². The first-order chi connectivity index (χ1) is 14.3. The number of nitrogens with zero attached hydrogens (tertiary/aromatic N) is 2. The summed E-state index contributed by atoms with van der Waals surface area (Å²) >= 11 is 0. The number of nitro groups is 1. The van der Waals surface area contributed by atoms with Crippen LogP contribution in [0.15, 0.2) is 53.6 Å². The fourth-order valence-corrected chi connectivity index (χ4v) is 2.93. The summed E-state index contributed by atoms with van der Waals surface area (Å²) in [5.74, 6) is 1.85. The number of amides is 3. The lowest BCUT2D eigenvalue weighted by molar-refractivity contribution is -0.384. The highest BCUT2D eigenvalue weighted by Crippen LogP contribution is 2.39. The van der Waals surface area contributed by atoms with Gasteiger partial charge in [-0.25, -0.2) is 11.3 Å². The number of carbonyl (C=O) groups excluding carboxylic acids is 3. The van der Waals surface area contributed by atoms with Crippen LogP contribution in [-0.4, -0.2) is 33.5 Å². The normalized spacial score (nSPS) is 17.7. The molecule has 2 aromatic rings. The van der Waals surface area contributed by atoms with Crippen molar-refractivity contribution in [3.8, 4) is 0 Å². The Morgan fingerprint density at radius 3 is 2.47 bits per heavy atom. The molecule has 0 saturated carbocycles. The topological polar surface area (TPSA) is 189 Å². The summed E-state index contributed by atoms with van der Waals surface area (Å²) < 4.78 is 0. The Hall–Kier alpha value is -4.16. The van der Waals surface area contributed by atoms with Crippen molar-refractivity contribution in [2.24, 2.45) is 10.9 Å². The summed E-state index contributed by atoms with van der Waals surface area (Å²) in [5, 5.41) is 28.4. The van der Waals surface area contributed by atoms with Crippen LogP contribution in [-0.2, 0) is 20.0 Å². The van der Waals surface area contributed by atoms with Crippen molar-refractivity contribution >= 4 is 34.8 Å².